The first-order valence-electron chi connectivity index (χ1n) is 10.0. The van der Waals surface area contributed by atoms with Gasteiger partial charge >= 0.3 is 6.18 Å². The summed E-state index contributed by atoms with van der Waals surface area (Å²) in [6.45, 7) is 0. The van der Waals surface area contributed by atoms with Crippen LogP contribution in [-0.4, -0.2) is 32.8 Å². The molecule has 11 heteroatoms. The minimum atomic E-state index is -4.55. The second-order valence-electron chi connectivity index (χ2n) is 7.85. The summed E-state index contributed by atoms with van der Waals surface area (Å²) in [4.78, 5) is 16.3. The molecule has 2 N–H and O–H groups in total. The third kappa shape index (κ3) is 4.85. The molecule has 0 spiro atoms. The molecular weight excluding hydrogens is 511 g/mol. The summed E-state index contributed by atoms with van der Waals surface area (Å²) in [6.07, 6.45) is -0.182. The number of rotatable bonds is 4. The van der Waals surface area contributed by atoms with Crippen molar-refractivity contribution in [2.75, 3.05) is 5.32 Å². The molecule has 3 aromatic rings. The fourth-order valence-corrected chi connectivity index (χ4v) is 4.68. The maximum Gasteiger partial charge on any atom is 0.433 e. The molecule has 1 amide bonds. The number of nitrogens with one attached hydrogen (secondary N) is 2. The number of aromatic nitrogens is 3. The van der Waals surface area contributed by atoms with Gasteiger partial charge in [0.15, 0.2) is 0 Å². The first-order chi connectivity index (χ1) is 15.1. The third-order valence-electron chi connectivity index (χ3n) is 5.59. The van der Waals surface area contributed by atoms with Gasteiger partial charge in [-0.2, -0.15) is 18.3 Å². The number of anilines is 1. The summed E-state index contributed by atoms with van der Waals surface area (Å²) in [5, 5.41) is 11.3. The van der Waals surface area contributed by atoms with Crippen molar-refractivity contribution in [3.63, 3.8) is 0 Å². The Hall–Kier alpha value is -2.33. The summed E-state index contributed by atoms with van der Waals surface area (Å²) >= 11 is 9.39. The molecule has 32 heavy (non-hydrogen) atoms. The Kier molecular flexibility index (Phi) is 6.35. The van der Waals surface area contributed by atoms with Crippen LogP contribution in [0.4, 0.5) is 18.9 Å². The molecule has 0 radical (unpaired) electrons. The molecule has 170 valence electrons. The maximum absolute atomic E-state index is 13.3. The predicted molar refractivity (Wildman–Crippen MR) is 120 cm³/mol. The van der Waals surface area contributed by atoms with Crippen LogP contribution in [-0.2, 0) is 13.2 Å². The standard InChI is InChI=1S/C21H20BrClF3N5O/c1-31-19(15(22)10-27-31)20(32)29-13-5-3-12(4-6-13)28-17-9-18(21(24,25)26)30-16-7-2-11(23)8-14(16)17/h2,7-10,12-13H,3-6H2,1H3,(H,28,30)(H,29,32). The van der Waals surface area contributed by atoms with E-state index in [0.29, 0.717) is 51.9 Å². The average molecular weight is 531 g/mol. The van der Waals surface area contributed by atoms with Crippen molar-refractivity contribution >= 4 is 50.0 Å². The molecule has 4 rings (SSSR count). The van der Waals surface area contributed by atoms with Crippen LogP contribution in [0.15, 0.2) is 34.9 Å². The second-order valence-corrected chi connectivity index (χ2v) is 9.14. The van der Waals surface area contributed by atoms with E-state index in [1.165, 1.54) is 16.8 Å². The lowest BCUT2D eigenvalue weighted by Crippen LogP contribution is -2.40. The number of nitrogens with zero attached hydrogens (tertiary/aromatic N) is 3. The molecule has 1 fully saturated rings. The summed E-state index contributed by atoms with van der Waals surface area (Å²) in [5.41, 5.74) is 0.0909. The second kappa shape index (κ2) is 8.90. The number of fused-ring (bicyclic) bond motifs is 1. The average Bonchev–Trinajstić information content (AvgIpc) is 3.07. The van der Waals surface area contributed by atoms with Crippen molar-refractivity contribution in [2.45, 2.75) is 43.9 Å². The van der Waals surface area contributed by atoms with Crippen LogP contribution in [0, 0.1) is 0 Å². The monoisotopic (exact) mass is 529 g/mol. The molecule has 0 atom stereocenters. The lowest BCUT2D eigenvalue weighted by molar-refractivity contribution is -0.140. The lowest BCUT2D eigenvalue weighted by Gasteiger charge is -2.30. The van der Waals surface area contributed by atoms with Gasteiger partial charge in [-0.1, -0.05) is 11.6 Å². The largest absolute Gasteiger partial charge is 0.433 e. The summed E-state index contributed by atoms with van der Waals surface area (Å²) < 4.78 is 42.1. The Morgan fingerprint density at radius 1 is 1.19 bits per heavy atom. The molecule has 2 heterocycles. The molecule has 0 bridgehead atoms. The first kappa shape index (κ1) is 22.8. The molecule has 1 aromatic carbocycles. The van der Waals surface area contributed by atoms with Crippen molar-refractivity contribution in [1.82, 2.24) is 20.1 Å². The van der Waals surface area contributed by atoms with E-state index in [2.05, 4.69) is 36.6 Å². The van der Waals surface area contributed by atoms with Crippen molar-refractivity contribution in [3.8, 4) is 0 Å². The highest BCUT2D eigenvalue weighted by molar-refractivity contribution is 9.10. The Morgan fingerprint density at radius 3 is 2.50 bits per heavy atom. The van der Waals surface area contributed by atoms with Gasteiger partial charge < -0.3 is 10.6 Å². The number of hydrogen-bond donors (Lipinski definition) is 2. The molecule has 0 unspecified atom stereocenters. The molecule has 0 aliphatic heterocycles. The maximum atomic E-state index is 13.3. The number of alkyl halides is 3. The molecule has 1 aliphatic carbocycles. The van der Waals surface area contributed by atoms with E-state index >= 15 is 0 Å². The zero-order chi connectivity index (χ0) is 23.0. The van der Waals surface area contributed by atoms with Crippen LogP contribution in [0.25, 0.3) is 10.9 Å². The molecule has 1 aliphatic rings. The van der Waals surface area contributed by atoms with E-state index in [1.54, 1.807) is 19.3 Å². The molecule has 2 aromatic heterocycles. The van der Waals surface area contributed by atoms with E-state index < -0.39 is 11.9 Å². The molecule has 1 saturated carbocycles. The van der Waals surface area contributed by atoms with Gasteiger partial charge in [0.1, 0.15) is 11.4 Å². The number of amides is 1. The van der Waals surface area contributed by atoms with Crippen molar-refractivity contribution in [2.24, 2.45) is 7.05 Å². The predicted octanol–water partition coefficient (Wildman–Crippen LogP) is 5.56. The van der Waals surface area contributed by atoms with Crippen molar-refractivity contribution < 1.29 is 18.0 Å². The first-order valence-corrected chi connectivity index (χ1v) is 11.2. The fraction of sp³-hybridized carbons (Fsp3) is 0.381. The highest BCUT2D eigenvalue weighted by Crippen LogP contribution is 2.35. The fourth-order valence-electron chi connectivity index (χ4n) is 3.98. The Morgan fingerprint density at radius 2 is 1.88 bits per heavy atom. The zero-order valence-electron chi connectivity index (χ0n) is 17.0. The third-order valence-corrected chi connectivity index (χ3v) is 6.41. The zero-order valence-corrected chi connectivity index (χ0v) is 19.4. The number of carbonyl (C=O) groups is 1. The quantitative estimate of drug-likeness (QED) is 0.464. The summed E-state index contributed by atoms with van der Waals surface area (Å²) in [5.74, 6) is -0.210. The normalized spacial score (nSPS) is 19.2. The highest BCUT2D eigenvalue weighted by Gasteiger charge is 2.34. The van der Waals surface area contributed by atoms with Crippen LogP contribution >= 0.6 is 27.5 Å². The number of hydrogen-bond acceptors (Lipinski definition) is 4. The van der Waals surface area contributed by atoms with Crippen LogP contribution in [0.5, 0.6) is 0 Å². The van der Waals surface area contributed by atoms with Gasteiger partial charge in [0.2, 0.25) is 0 Å². The molecule has 6 nitrogen and oxygen atoms in total. The van der Waals surface area contributed by atoms with Crippen molar-refractivity contribution in [1.29, 1.82) is 0 Å². The number of halogens is 5. The number of carbonyl (C=O) groups excluding carboxylic acids is 1. The van der Waals surface area contributed by atoms with Gasteiger partial charge in [-0.05, 0) is 65.9 Å². The van der Waals surface area contributed by atoms with E-state index in [-0.39, 0.29) is 23.5 Å². The van der Waals surface area contributed by atoms with Gasteiger partial charge in [0.25, 0.3) is 5.91 Å². The Labute approximate surface area is 195 Å². The van der Waals surface area contributed by atoms with Gasteiger partial charge in [0.05, 0.1) is 16.2 Å². The van der Waals surface area contributed by atoms with Gasteiger partial charge in [-0.3, -0.25) is 9.48 Å². The minimum absolute atomic E-state index is 0.0169. The summed E-state index contributed by atoms with van der Waals surface area (Å²) in [7, 11) is 1.70. The topological polar surface area (TPSA) is 71.8 Å². The minimum Gasteiger partial charge on any atom is -0.382 e. The van der Waals surface area contributed by atoms with E-state index in [1.807, 2.05) is 0 Å². The summed E-state index contributed by atoms with van der Waals surface area (Å²) in [6, 6.07) is 5.61. The Balaban J connectivity index is 1.46. The Bertz CT molecular complexity index is 1140. The van der Waals surface area contributed by atoms with Crippen molar-refractivity contribution in [3.05, 3.63) is 51.3 Å². The van der Waals surface area contributed by atoms with E-state index in [4.69, 9.17) is 11.6 Å². The van der Waals surface area contributed by atoms with Crippen LogP contribution < -0.4 is 10.6 Å². The van der Waals surface area contributed by atoms with E-state index in [0.717, 1.165) is 6.07 Å². The molecule has 0 saturated heterocycles. The van der Waals surface area contributed by atoms with Gasteiger partial charge in [0, 0.05) is 35.2 Å². The van der Waals surface area contributed by atoms with Crippen LogP contribution in [0.3, 0.4) is 0 Å². The number of pyridine rings is 1. The van der Waals surface area contributed by atoms with Gasteiger partial charge in [-0.25, -0.2) is 4.98 Å². The lowest BCUT2D eigenvalue weighted by atomic mass is 9.90. The van der Waals surface area contributed by atoms with Gasteiger partial charge in [-0.15, -0.1) is 0 Å². The number of benzene rings is 1. The number of aryl methyl sites for hydroxylation is 1. The van der Waals surface area contributed by atoms with E-state index in [9.17, 15) is 18.0 Å². The van der Waals surface area contributed by atoms with Crippen LogP contribution in [0.1, 0.15) is 41.9 Å². The van der Waals surface area contributed by atoms with Crippen LogP contribution in [0.2, 0.25) is 5.02 Å². The SMILES string of the molecule is Cn1ncc(Br)c1C(=O)NC1CCC(Nc2cc(C(F)(F)F)nc3ccc(Cl)cc23)CC1. The highest BCUT2D eigenvalue weighted by atomic mass is 79.9. The molecular formula is C21H20BrClF3N5O. The smallest absolute Gasteiger partial charge is 0.382 e.